The molecular formula is C34H46N6O3. The summed E-state index contributed by atoms with van der Waals surface area (Å²) < 4.78 is 5.29. The lowest BCUT2D eigenvalue weighted by Crippen LogP contribution is -2.41. The average molecular weight is 587 g/mol. The molecule has 2 amide bonds. The number of para-hydroxylation sites is 1. The van der Waals surface area contributed by atoms with Gasteiger partial charge in [0.1, 0.15) is 5.75 Å². The predicted octanol–water partition coefficient (Wildman–Crippen LogP) is 4.93. The molecule has 9 nitrogen and oxygen atoms in total. The molecule has 0 fully saturated rings. The first-order valence-corrected chi connectivity index (χ1v) is 15.2. The van der Waals surface area contributed by atoms with Gasteiger partial charge < -0.3 is 19.9 Å². The van der Waals surface area contributed by atoms with Crippen molar-refractivity contribution >= 4 is 23.5 Å². The number of amides is 2. The number of aromatic nitrogens is 2. The van der Waals surface area contributed by atoms with Crippen molar-refractivity contribution in [1.82, 2.24) is 19.8 Å². The third-order valence-corrected chi connectivity index (χ3v) is 7.94. The average Bonchev–Trinajstić information content (AvgIpc) is 3.00. The van der Waals surface area contributed by atoms with Crippen LogP contribution in [0.3, 0.4) is 0 Å². The fourth-order valence-electron chi connectivity index (χ4n) is 5.66. The molecule has 0 saturated heterocycles. The van der Waals surface area contributed by atoms with E-state index in [9.17, 15) is 9.59 Å². The molecule has 1 aliphatic heterocycles. The minimum atomic E-state index is 0.0478. The molecule has 4 rings (SSSR count). The normalized spacial score (nSPS) is 14.7. The molecule has 2 aromatic carbocycles. The van der Waals surface area contributed by atoms with E-state index in [-0.39, 0.29) is 11.8 Å². The second-order valence-corrected chi connectivity index (χ2v) is 11.6. The fraction of sp³-hybridized carbons (Fsp3) is 0.471. The van der Waals surface area contributed by atoms with E-state index in [1.807, 2.05) is 73.0 Å². The van der Waals surface area contributed by atoms with Crippen LogP contribution in [0.1, 0.15) is 54.8 Å². The number of carbonyl (C=O) groups excluding carboxylic acids is 2. The van der Waals surface area contributed by atoms with Gasteiger partial charge in [-0.05, 0) is 75.9 Å². The van der Waals surface area contributed by atoms with Gasteiger partial charge in [0.25, 0.3) is 0 Å². The van der Waals surface area contributed by atoms with Gasteiger partial charge in [0.15, 0.2) is 0 Å². The van der Waals surface area contributed by atoms with Gasteiger partial charge in [-0.15, -0.1) is 0 Å². The third kappa shape index (κ3) is 8.76. The fourth-order valence-corrected chi connectivity index (χ4v) is 5.66. The number of methoxy groups -OCH3 is 1. The molecule has 2 heterocycles. The quantitative estimate of drug-likeness (QED) is 0.400. The van der Waals surface area contributed by atoms with Crippen LogP contribution in [0.25, 0.3) is 0 Å². The van der Waals surface area contributed by atoms with Crippen LogP contribution in [-0.2, 0) is 22.6 Å². The summed E-state index contributed by atoms with van der Waals surface area (Å²) in [5, 5.41) is 3.22. The van der Waals surface area contributed by atoms with Gasteiger partial charge >= 0.3 is 0 Å². The molecule has 0 atom stereocenters. The van der Waals surface area contributed by atoms with E-state index < -0.39 is 0 Å². The minimum Gasteiger partial charge on any atom is -0.497 e. The summed E-state index contributed by atoms with van der Waals surface area (Å²) in [7, 11) is 1.64. The van der Waals surface area contributed by atoms with Gasteiger partial charge in [-0.25, -0.2) is 9.97 Å². The zero-order chi connectivity index (χ0) is 30.9. The highest BCUT2D eigenvalue weighted by Crippen LogP contribution is 2.29. The number of benzene rings is 2. The Labute approximate surface area is 256 Å². The number of anilines is 2. The maximum absolute atomic E-state index is 13.9. The molecule has 9 heteroatoms. The van der Waals surface area contributed by atoms with E-state index >= 15 is 0 Å². The molecule has 230 valence electrons. The highest BCUT2D eigenvalue weighted by Gasteiger charge is 2.25. The Morgan fingerprint density at radius 2 is 1.65 bits per heavy atom. The largest absolute Gasteiger partial charge is 0.497 e. The lowest BCUT2D eigenvalue weighted by molar-refractivity contribution is -0.131. The van der Waals surface area contributed by atoms with E-state index in [1.165, 1.54) is 0 Å². The first-order valence-electron chi connectivity index (χ1n) is 15.2. The first-order chi connectivity index (χ1) is 20.6. The first kappa shape index (κ1) is 31.9. The summed E-state index contributed by atoms with van der Waals surface area (Å²) in [6.07, 6.45) is 1.45. The van der Waals surface area contributed by atoms with Crippen molar-refractivity contribution < 1.29 is 14.3 Å². The second kappa shape index (κ2) is 15.0. The molecule has 43 heavy (non-hydrogen) atoms. The van der Waals surface area contributed by atoms with Crippen LogP contribution in [0.4, 0.5) is 11.6 Å². The van der Waals surface area contributed by atoms with Gasteiger partial charge in [-0.2, -0.15) is 0 Å². The Hall–Kier alpha value is -3.98. The summed E-state index contributed by atoms with van der Waals surface area (Å²) in [4.78, 5) is 42.8. The molecule has 0 saturated carbocycles. The highest BCUT2D eigenvalue weighted by molar-refractivity contribution is 5.96. The summed E-state index contributed by atoms with van der Waals surface area (Å²) in [5.74, 6) is 1.42. The van der Waals surface area contributed by atoms with Crippen molar-refractivity contribution in [2.45, 2.75) is 66.5 Å². The molecule has 3 aromatic rings. The number of carbonyl (C=O) groups is 2. The zero-order valence-electron chi connectivity index (χ0n) is 26.5. The van der Waals surface area contributed by atoms with Gasteiger partial charge in [0, 0.05) is 63.1 Å². The molecule has 1 N–H and O–H groups in total. The summed E-state index contributed by atoms with van der Waals surface area (Å²) in [5.41, 5.74) is 5.65. The van der Waals surface area contributed by atoms with Crippen molar-refractivity contribution in [3.63, 3.8) is 0 Å². The number of nitrogens with zero attached hydrogens (tertiary/aromatic N) is 5. The molecule has 0 radical (unpaired) electrons. The molecule has 1 aromatic heterocycles. The van der Waals surface area contributed by atoms with Crippen molar-refractivity contribution in [3.8, 4) is 5.75 Å². The number of rotatable bonds is 8. The standard InChI is InChI=1S/C34H46N6O3/c1-24(2)38-17-8-18-40(32(42)22-28-11-13-30(43-6)14-12-28)33-25(3)9-7-10-29(33)23-39(20-19-38)31(41)15-16-35-34-36-26(4)21-27(5)37-34/h7,9-14,21,24H,8,15-20,22-23H2,1-6H3,(H,35,36,37). The van der Waals surface area contributed by atoms with Crippen molar-refractivity contribution in [3.05, 3.63) is 76.6 Å². The van der Waals surface area contributed by atoms with Gasteiger partial charge in [-0.3, -0.25) is 14.5 Å². The lowest BCUT2D eigenvalue weighted by atomic mass is 10.0. The van der Waals surface area contributed by atoms with Crippen molar-refractivity contribution in [2.75, 3.05) is 50.1 Å². The number of hydrogen-bond acceptors (Lipinski definition) is 7. The second-order valence-electron chi connectivity index (χ2n) is 11.6. The van der Waals surface area contributed by atoms with Crippen molar-refractivity contribution in [2.24, 2.45) is 0 Å². The molecule has 0 bridgehead atoms. The van der Waals surface area contributed by atoms with Crippen LogP contribution < -0.4 is 15.0 Å². The smallest absolute Gasteiger partial charge is 0.231 e. The number of ether oxygens (including phenoxy) is 1. The van der Waals surface area contributed by atoms with E-state index in [2.05, 4.69) is 40.1 Å². The molecule has 0 aliphatic carbocycles. The van der Waals surface area contributed by atoms with Crippen LogP contribution in [-0.4, -0.2) is 77.5 Å². The Morgan fingerprint density at radius 1 is 0.930 bits per heavy atom. The van der Waals surface area contributed by atoms with Crippen LogP contribution >= 0.6 is 0 Å². The van der Waals surface area contributed by atoms with Crippen molar-refractivity contribution in [1.29, 1.82) is 0 Å². The Balaban J connectivity index is 1.58. The van der Waals surface area contributed by atoms with E-state index in [0.717, 1.165) is 59.0 Å². The van der Waals surface area contributed by atoms with Gasteiger partial charge in [-0.1, -0.05) is 30.3 Å². The summed E-state index contributed by atoms with van der Waals surface area (Å²) in [6, 6.07) is 16.0. The van der Waals surface area contributed by atoms with Crippen LogP contribution in [0, 0.1) is 20.8 Å². The SMILES string of the molecule is COc1ccc(CC(=O)N2CCCN(C(C)C)CCN(C(=O)CCNc3nc(C)cc(C)n3)Cc3cccc(C)c32)cc1. The minimum absolute atomic E-state index is 0.0478. The monoisotopic (exact) mass is 586 g/mol. The summed E-state index contributed by atoms with van der Waals surface area (Å²) >= 11 is 0. The number of nitrogens with one attached hydrogen (secondary N) is 1. The predicted molar refractivity (Wildman–Crippen MR) is 172 cm³/mol. The van der Waals surface area contributed by atoms with Crippen LogP contribution in [0.2, 0.25) is 0 Å². The van der Waals surface area contributed by atoms with E-state index in [0.29, 0.717) is 51.0 Å². The van der Waals surface area contributed by atoms with E-state index in [1.54, 1.807) is 7.11 Å². The van der Waals surface area contributed by atoms with Crippen LogP contribution in [0.15, 0.2) is 48.5 Å². The molecule has 0 spiro atoms. The maximum Gasteiger partial charge on any atom is 0.231 e. The Bertz CT molecular complexity index is 1370. The Morgan fingerprint density at radius 3 is 2.33 bits per heavy atom. The topological polar surface area (TPSA) is 90.9 Å². The van der Waals surface area contributed by atoms with Gasteiger partial charge in [0.05, 0.1) is 19.2 Å². The van der Waals surface area contributed by atoms with Crippen LogP contribution in [0.5, 0.6) is 5.75 Å². The van der Waals surface area contributed by atoms with E-state index in [4.69, 9.17) is 4.74 Å². The third-order valence-electron chi connectivity index (χ3n) is 7.94. The number of fused-ring (bicyclic) bond motifs is 1. The molecular weight excluding hydrogens is 540 g/mol. The Kier molecular flexibility index (Phi) is 11.1. The number of aryl methyl sites for hydroxylation is 3. The molecule has 1 aliphatic rings. The summed E-state index contributed by atoms with van der Waals surface area (Å²) in [6.45, 7) is 14.0. The highest BCUT2D eigenvalue weighted by atomic mass is 16.5. The zero-order valence-corrected chi connectivity index (χ0v) is 26.5. The maximum atomic E-state index is 13.9. The lowest BCUT2D eigenvalue weighted by Gasteiger charge is -2.30. The molecule has 0 unspecified atom stereocenters. The van der Waals surface area contributed by atoms with Gasteiger partial charge in [0.2, 0.25) is 17.8 Å². The number of hydrogen-bond donors (Lipinski definition) is 1.